The lowest BCUT2D eigenvalue weighted by atomic mass is 10.2. The zero-order valence-corrected chi connectivity index (χ0v) is 13.4. The normalized spacial score (nSPS) is 10.8. The lowest BCUT2D eigenvalue weighted by molar-refractivity contribution is 0.416. The van der Waals surface area contributed by atoms with E-state index in [2.05, 4.69) is 16.4 Å². The molecule has 21 heavy (non-hydrogen) atoms. The number of ether oxygens (including phenoxy) is 1. The minimum absolute atomic E-state index is 0.663. The molecule has 2 aromatic carbocycles. The second-order valence-electron chi connectivity index (χ2n) is 4.73. The third-order valence-electron chi connectivity index (χ3n) is 3.25. The maximum Gasteiger partial charge on any atom is 0.143 e. The Bertz CT molecular complexity index is 752. The summed E-state index contributed by atoms with van der Waals surface area (Å²) in [5.41, 5.74) is 2.99. The monoisotopic (exact) mass is 318 g/mol. The molecule has 1 heterocycles. The van der Waals surface area contributed by atoms with Crippen molar-refractivity contribution in [3.05, 3.63) is 52.0 Å². The second kappa shape index (κ2) is 5.92. The van der Waals surface area contributed by atoms with Gasteiger partial charge in [0.05, 0.1) is 29.6 Å². The molecule has 0 aliphatic rings. The van der Waals surface area contributed by atoms with Gasteiger partial charge in [0.15, 0.2) is 0 Å². The molecular weight excluding hydrogens is 304 g/mol. The first kappa shape index (κ1) is 14.2. The lowest BCUT2D eigenvalue weighted by Gasteiger charge is -2.12. The highest BCUT2D eigenvalue weighted by atomic mass is 35.5. The van der Waals surface area contributed by atoms with Gasteiger partial charge in [0, 0.05) is 11.1 Å². The van der Waals surface area contributed by atoms with Crippen LogP contribution in [0.3, 0.4) is 0 Å². The number of methoxy groups -OCH3 is 1. The Morgan fingerprint density at radius 2 is 2.10 bits per heavy atom. The van der Waals surface area contributed by atoms with Crippen LogP contribution in [-0.4, -0.2) is 12.1 Å². The number of benzene rings is 2. The summed E-state index contributed by atoms with van der Waals surface area (Å²) in [6.45, 7) is 2.64. The molecule has 3 aromatic rings. The Labute approximate surface area is 132 Å². The topological polar surface area (TPSA) is 34.1 Å². The van der Waals surface area contributed by atoms with Crippen LogP contribution in [0.25, 0.3) is 10.2 Å². The van der Waals surface area contributed by atoms with Crippen LogP contribution in [0.5, 0.6) is 5.75 Å². The van der Waals surface area contributed by atoms with Crippen molar-refractivity contribution < 1.29 is 4.74 Å². The summed E-state index contributed by atoms with van der Waals surface area (Å²) in [4.78, 5) is 4.61. The van der Waals surface area contributed by atoms with Gasteiger partial charge in [-0.15, -0.1) is 11.3 Å². The average molecular weight is 319 g/mol. The first-order valence-electron chi connectivity index (χ1n) is 6.60. The molecule has 0 fully saturated rings. The fourth-order valence-electron chi connectivity index (χ4n) is 2.14. The number of aryl methyl sites for hydroxylation is 1. The van der Waals surface area contributed by atoms with Crippen LogP contribution in [0.2, 0.25) is 5.02 Å². The smallest absolute Gasteiger partial charge is 0.143 e. The highest BCUT2D eigenvalue weighted by Gasteiger charge is 2.08. The van der Waals surface area contributed by atoms with Crippen molar-refractivity contribution in [2.75, 3.05) is 12.4 Å². The zero-order valence-electron chi connectivity index (χ0n) is 11.8. The Hall–Kier alpha value is -1.78. The molecule has 0 radical (unpaired) electrons. The van der Waals surface area contributed by atoms with Crippen LogP contribution in [0.1, 0.15) is 10.6 Å². The van der Waals surface area contributed by atoms with Crippen molar-refractivity contribution >= 4 is 38.8 Å². The van der Waals surface area contributed by atoms with E-state index in [-0.39, 0.29) is 0 Å². The highest BCUT2D eigenvalue weighted by molar-refractivity contribution is 7.18. The molecule has 3 nitrogen and oxygen atoms in total. The number of para-hydroxylation sites is 1. The second-order valence-corrected chi connectivity index (χ2v) is 6.25. The summed E-state index contributed by atoms with van der Waals surface area (Å²) in [6.07, 6.45) is 0. The van der Waals surface area contributed by atoms with Crippen LogP contribution < -0.4 is 10.1 Å². The molecule has 0 aliphatic carbocycles. The average Bonchev–Trinajstić information content (AvgIpc) is 2.90. The molecule has 0 amide bonds. The molecule has 0 saturated carbocycles. The number of hydrogen-bond donors (Lipinski definition) is 1. The number of anilines is 1. The van der Waals surface area contributed by atoms with Crippen molar-refractivity contribution in [2.24, 2.45) is 0 Å². The van der Waals surface area contributed by atoms with Crippen LogP contribution in [0.15, 0.2) is 36.4 Å². The highest BCUT2D eigenvalue weighted by Crippen LogP contribution is 2.31. The predicted octanol–water partition coefficient (Wildman–Crippen LogP) is 4.88. The lowest BCUT2D eigenvalue weighted by Crippen LogP contribution is -2.01. The van der Waals surface area contributed by atoms with Crippen LogP contribution in [-0.2, 0) is 6.54 Å². The third-order valence-corrected chi connectivity index (χ3v) is 4.69. The van der Waals surface area contributed by atoms with E-state index in [4.69, 9.17) is 16.3 Å². The molecule has 0 spiro atoms. The van der Waals surface area contributed by atoms with E-state index in [0.29, 0.717) is 11.6 Å². The number of halogens is 1. The van der Waals surface area contributed by atoms with Gasteiger partial charge in [-0.3, -0.25) is 0 Å². The molecule has 0 saturated heterocycles. The van der Waals surface area contributed by atoms with E-state index in [0.717, 1.165) is 27.5 Å². The summed E-state index contributed by atoms with van der Waals surface area (Å²) >= 11 is 7.81. The van der Waals surface area contributed by atoms with Crippen molar-refractivity contribution in [3.63, 3.8) is 0 Å². The zero-order chi connectivity index (χ0) is 14.8. The van der Waals surface area contributed by atoms with E-state index in [1.807, 2.05) is 37.3 Å². The molecule has 0 bridgehead atoms. The van der Waals surface area contributed by atoms with Crippen molar-refractivity contribution in [2.45, 2.75) is 13.5 Å². The number of fused-ring (bicyclic) bond motifs is 1. The Morgan fingerprint density at radius 3 is 2.86 bits per heavy atom. The van der Waals surface area contributed by atoms with Crippen molar-refractivity contribution in [1.82, 2.24) is 4.98 Å². The van der Waals surface area contributed by atoms with E-state index in [1.165, 1.54) is 4.70 Å². The Morgan fingerprint density at radius 1 is 1.29 bits per heavy atom. The molecule has 0 atom stereocenters. The summed E-state index contributed by atoms with van der Waals surface area (Å²) in [5.74, 6) is 0.742. The van der Waals surface area contributed by atoms with E-state index >= 15 is 0 Å². The van der Waals surface area contributed by atoms with Gasteiger partial charge in [0.25, 0.3) is 0 Å². The van der Waals surface area contributed by atoms with Crippen molar-refractivity contribution in [1.29, 1.82) is 0 Å². The number of nitrogens with one attached hydrogen (secondary N) is 1. The van der Waals surface area contributed by atoms with Gasteiger partial charge in [-0.25, -0.2) is 4.98 Å². The van der Waals surface area contributed by atoms with Gasteiger partial charge in [0.2, 0.25) is 0 Å². The number of thiazole rings is 1. The van der Waals surface area contributed by atoms with Gasteiger partial charge < -0.3 is 10.1 Å². The first-order valence-corrected chi connectivity index (χ1v) is 7.79. The molecule has 108 valence electrons. The third kappa shape index (κ3) is 2.96. The van der Waals surface area contributed by atoms with Gasteiger partial charge in [0.1, 0.15) is 10.8 Å². The molecular formula is C16H15ClN2OS. The molecule has 0 unspecified atom stereocenters. The fourth-order valence-corrected chi connectivity index (χ4v) is 3.20. The molecule has 0 aliphatic heterocycles. The minimum Gasteiger partial charge on any atom is -0.495 e. The summed E-state index contributed by atoms with van der Waals surface area (Å²) in [5, 5.41) is 5.13. The number of aromatic nitrogens is 1. The van der Waals surface area contributed by atoms with Gasteiger partial charge in [-0.1, -0.05) is 23.7 Å². The van der Waals surface area contributed by atoms with E-state index < -0.39 is 0 Å². The number of nitrogens with zero attached hydrogens (tertiary/aromatic N) is 1. The largest absolute Gasteiger partial charge is 0.495 e. The standard InChI is InChI=1S/C16H15ClN2OS/c1-10-7-13(14(20-2)8-11(10)17)18-9-16-19-12-5-3-4-6-15(12)21-16/h3-8,18H,9H2,1-2H3. The van der Waals surface area contributed by atoms with Crippen LogP contribution in [0, 0.1) is 6.92 Å². The minimum atomic E-state index is 0.663. The van der Waals surface area contributed by atoms with E-state index in [1.54, 1.807) is 18.4 Å². The van der Waals surface area contributed by atoms with Gasteiger partial charge in [-0.05, 0) is 30.7 Å². The first-order chi connectivity index (χ1) is 10.2. The fraction of sp³-hybridized carbons (Fsp3) is 0.188. The van der Waals surface area contributed by atoms with Crippen LogP contribution in [0.4, 0.5) is 5.69 Å². The quantitative estimate of drug-likeness (QED) is 0.744. The molecule has 1 aromatic heterocycles. The predicted molar refractivity (Wildman–Crippen MR) is 89.7 cm³/mol. The molecule has 1 N–H and O–H groups in total. The van der Waals surface area contributed by atoms with Crippen LogP contribution >= 0.6 is 22.9 Å². The maximum atomic E-state index is 6.12. The van der Waals surface area contributed by atoms with Gasteiger partial charge >= 0.3 is 0 Å². The summed E-state index contributed by atoms with van der Waals surface area (Å²) in [6, 6.07) is 12.0. The maximum absolute atomic E-state index is 6.12. The number of hydrogen-bond acceptors (Lipinski definition) is 4. The molecule has 5 heteroatoms. The van der Waals surface area contributed by atoms with Crippen molar-refractivity contribution in [3.8, 4) is 5.75 Å². The SMILES string of the molecule is COc1cc(Cl)c(C)cc1NCc1nc2ccccc2s1. The Kier molecular flexibility index (Phi) is 3.99. The summed E-state index contributed by atoms with van der Waals surface area (Å²) in [7, 11) is 1.64. The Balaban J connectivity index is 1.82. The number of rotatable bonds is 4. The summed E-state index contributed by atoms with van der Waals surface area (Å²) < 4.78 is 6.57. The molecule has 3 rings (SSSR count). The van der Waals surface area contributed by atoms with Gasteiger partial charge in [-0.2, -0.15) is 0 Å². The van der Waals surface area contributed by atoms with E-state index in [9.17, 15) is 0 Å².